The van der Waals surface area contributed by atoms with Crippen molar-refractivity contribution in [2.75, 3.05) is 21.3 Å². The highest BCUT2D eigenvalue weighted by Gasteiger charge is 2.36. The van der Waals surface area contributed by atoms with Crippen LogP contribution in [0.15, 0.2) is 30.3 Å². The molecule has 0 atom stereocenters. The van der Waals surface area contributed by atoms with Gasteiger partial charge in [0.25, 0.3) is 11.8 Å². The number of carbonyl (C=O) groups is 2. The van der Waals surface area contributed by atoms with E-state index in [-0.39, 0.29) is 17.7 Å². The quantitative estimate of drug-likeness (QED) is 0.780. The van der Waals surface area contributed by atoms with Crippen LogP contribution in [0.2, 0.25) is 0 Å². The van der Waals surface area contributed by atoms with Gasteiger partial charge in [-0.25, -0.2) is 4.39 Å². The Morgan fingerprint density at radius 2 is 1.48 bits per heavy atom. The van der Waals surface area contributed by atoms with Gasteiger partial charge in [-0.15, -0.1) is 0 Å². The first-order chi connectivity index (χ1) is 12.0. The number of hydrogen-bond acceptors (Lipinski definition) is 5. The van der Waals surface area contributed by atoms with E-state index in [9.17, 15) is 14.0 Å². The maximum Gasteiger partial charge on any atom is 0.261 e. The van der Waals surface area contributed by atoms with Crippen molar-refractivity contribution in [2.45, 2.75) is 6.54 Å². The third-order valence-electron chi connectivity index (χ3n) is 4.00. The van der Waals surface area contributed by atoms with Crippen molar-refractivity contribution in [3.8, 4) is 17.2 Å². The fourth-order valence-corrected chi connectivity index (χ4v) is 2.82. The molecule has 0 aromatic heterocycles. The summed E-state index contributed by atoms with van der Waals surface area (Å²) in [5.41, 5.74) is 0.876. The van der Waals surface area contributed by atoms with E-state index in [4.69, 9.17) is 14.2 Å². The number of imide groups is 1. The standard InChI is InChI=1S/C18H16FNO5/c1-23-14-6-10(7-15(24-2)16(14)25-3)9-20-17(21)12-5-4-11(19)8-13(12)18(20)22/h4-8H,9H2,1-3H3. The maximum atomic E-state index is 13.4. The molecule has 2 amide bonds. The second-order valence-electron chi connectivity index (χ2n) is 5.42. The Bertz CT molecular complexity index is 840. The Morgan fingerprint density at radius 3 is 2.04 bits per heavy atom. The van der Waals surface area contributed by atoms with Crippen LogP contribution in [-0.2, 0) is 6.54 Å². The summed E-state index contributed by atoms with van der Waals surface area (Å²) in [6.07, 6.45) is 0. The number of ether oxygens (including phenoxy) is 3. The molecule has 130 valence electrons. The molecular formula is C18H16FNO5. The van der Waals surface area contributed by atoms with E-state index in [0.717, 1.165) is 17.0 Å². The lowest BCUT2D eigenvalue weighted by Gasteiger charge is -2.17. The van der Waals surface area contributed by atoms with Crippen LogP contribution in [0.25, 0.3) is 0 Å². The summed E-state index contributed by atoms with van der Waals surface area (Å²) in [5, 5.41) is 0. The number of benzene rings is 2. The lowest BCUT2D eigenvalue weighted by Crippen LogP contribution is -2.29. The normalized spacial score (nSPS) is 13.0. The van der Waals surface area contributed by atoms with E-state index in [1.165, 1.54) is 27.4 Å². The number of carbonyl (C=O) groups excluding carboxylic acids is 2. The van der Waals surface area contributed by atoms with Crippen LogP contribution in [0.5, 0.6) is 17.2 Å². The van der Waals surface area contributed by atoms with Gasteiger partial charge in [0.15, 0.2) is 11.5 Å². The minimum Gasteiger partial charge on any atom is -0.493 e. The third kappa shape index (κ3) is 2.77. The zero-order chi connectivity index (χ0) is 18.1. The van der Waals surface area contributed by atoms with Gasteiger partial charge in [0.1, 0.15) is 5.82 Å². The van der Waals surface area contributed by atoms with E-state index >= 15 is 0 Å². The highest BCUT2D eigenvalue weighted by molar-refractivity contribution is 6.21. The van der Waals surface area contributed by atoms with Crippen LogP contribution in [0.4, 0.5) is 4.39 Å². The zero-order valence-electron chi connectivity index (χ0n) is 14.0. The second-order valence-corrected chi connectivity index (χ2v) is 5.42. The number of halogens is 1. The molecule has 0 aliphatic carbocycles. The monoisotopic (exact) mass is 345 g/mol. The van der Waals surface area contributed by atoms with Gasteiger partial charge < -0.3 is 14.2 Å². The first kappa shape index (κ1) is 16.8. The molecule has 0 fully saturated rings. The summed E-state index contributed by atoms with van der Waals surface area (Å²) in [6, 6.07) is 6.87. The minimum absolute atomic E-state index is 0.00464. The summed E-state index contributed by atoms with van der Waals surface area (Å²) in [4.78, 5) is 26.0. The zero-order valence-corrected chi connectivity index (χ0v) is 14.0. The molecule has 7 heteroatoms. The van der Waals surface area contributed by atoms with Gasteiger partial charge in [0.2, 0.25) is 5.75 Å². The van der Waals surface area contributed by atoms with Gasteiger partial charge in [0.05, 0.1) is 39.0 Å². The first-order valence-corrected chi connectivity index (χ1v) is 7.44. The molecule has 0 unspecified atom stereocenters. The molecule has 0 saturated carbocycles. The van der Waals surface area contributed by atoms with Crippen molar-refractivity contribution in [1.29, 1.82) is 0 Å². The van der Waals surface area contributed by atoms with Crippen LogP contribution in [-0.4, -0.2) is 38.0 Å². The van der Waals surface area contributed by atoms with Crippen LogP contribution >= 0.6 is 0 Å². The number of methoxy groups -OCH3 is 3. The van der Waals surface area contributed by atoms with Crippen molar-refractivity contribution in [3.63, 3.8) is 0 Å². The van der Waals surface area contributed by atoms with E-state index < -0.39 is 17.6 Å². The summed E-state index contributed by atoms with van der Waals surface area (Å²) in [6.45, 7) is 0.00464. The molecule has 1 aliphatic heterocycles. The Balaban J connectivity index is 1.96. The average molecular weight is 345 g/mol. The van der Waals surface area contributed by atoms with Crippen molar-refractivity contribution in [2.24, 2.45) is 0 Å². The van der Waals surface area contributed by atoms with E-state index in [1.807, 2.05) is 0 Å². The number of fused-ring (bicyclic) bond motifs is 1. The summed E-state index contributed by atoms with van der Waals surface area (Å²) < 4.78 is 29.2. The largest absolute Gasteiger partial charge is 0.493 e. The highest BCUT2D eigenvalue weighted by Crippen LogP contribution is 2.39. The summed E-state index contributed by atoms with van der Waals surface area (Å²) >= 11 is 0. The fourth-order valence-electron chi connectivity index (χ4n) is 2.82. The molecule has 0 spiro atoms. The minimum atomic E-state index is -0.561. The van der Waals surface area contributed by atoms with Crippen molar-refractivity contribution in [1.82, 2.24) is 4.90 Å². The van der Waals surface area contributed by atoms with Gasteiger partial charge in [-0.3, -0.25) is 14.5 Å². The van der Waals surface area contributed by atoms with E-state index in [0.29, 0.717) is 22.8 Å². The molecule has 0 saturated heterocycles. The average Bonchev–Trinajstić information content (AvgIpc) is 2.85. The molecule has 2 aromatic carbocycles. The SMILES string of the molecule is COc1cc(CN2C(=O)c3ccc(F)cc3C2=O)cc(OC)c1OC. The Morgan fingerprint density at radius 1 is 0.880 bits per heavy atom. The van der Waals surface area contributed by atoms with Crippen molar-refractivity contribution in [3.05, 3.63) is 52.8 Å². The smallest absolute Gasteiger partial charge is 0.261 e. The lowest BCUT2D eigenvalue weighted by atomic mass is 10.1. The van der Waals surface area contributed by atoms with Gasteiger partial charge in [-0.05, 0) is 35.9 Å². The molecule has 6 nitrogen and oxygen atoms in total. The summed E-state index contributed by atoms with van der Waals surface area (Å²) in [7, 11) is 4.44. The first-order valence-electron chi connectivity index (χ1n) is 7.44. The highest BCUT2D eigenvalue weighted by atomic mass is 19.1. The van der Waals surface area contributed by atoms with Gasteiger partial charge in [0, 0.05) is 0 Å². The number of amides is 2. The Labute approximate surface area is 143 Å². The van der Waals surface area contributed by atoms with Crippen LogP contribution in [0, 0.1) is 5.82 Å². The molecule has 0 N–H and O–H groups in total. The Kier molecular flexibility index (Phi) is 4.31. The van der Waals surface area contributed by atoms with Crippen LogP contribution in [0.3, 0.4) is 0 Å². The van der Waals surface area contributed by atoms with E-state index in [2.05, 4.69) is 0 Å². The molecule has 1 aliphatic rings. The van der Waals surface area contributed by atoms with Crippen molar-refractivity contribution < 1.29 is 28.2 Å². The number of hydrogen-bond donors (Lipinski definition) is 0. The van der Waals surface area contributed by atoms with Crippen LogP contribution in [0.1, 0.15) is 26.3 Å². The third-order valence-corrected chi connectivity index (χ3v) is 4.00. The van der Waals surface area contributed by atoms with Gasteiger partial charge >= 0.3 is 0 Å². The summed E-state index contributed by atoms with van der Waals surface area (Å²) in [5.74, 6) is -0.311. The maximum absolute atomic E-state index is 13.4. The molecule has 0 bridgehead atoms. The predicted octanol–water partition coefficient (Wildman–Crippen LogP) is 2.65. The van der Waals surface area contributed by atoms with Gasteiger partial charge in [-0.1, -0.05) is 0 Å². The molecule has 25 heavy (non-hydrogen) atoms. The lowest BCUT2D eigenvalue weighted by molar-refractivity contribution is 0.0642. The fraction of sp³-hybridized carbons (Fsp3) is 0.222. The van der Waals surface area contributed by atoms with E-state index in [1.54, 1.807) is 12.1 Å². The number of rotatable bonds is 5. The Hall–Kier alpha value is -3.09. The number of nitrogens with zero attached hydrogens (tertiary/aromatic N) is 1. The van der Waals surface area contributed by atoms with Gasteiger partial charge in [-0.2, -0.15) is 0 Å². The molecule has 2 aromatic rings. The van der Waals surface area contributed by atoms with Crippen LogP contribution < -0.4 is 14.2 Å². The van der Waals surface area contributed by atoms with Crippen molar-refractivity contribution >= 4 is 11.8 Å². The molecule has 0 radical (unpaired) electrons. The molecule has 1 heterocycles. The molecule has 3 rings (SSSR count). The molecular weight excluding hydrogens is 329 g/mol. The topological polar surface area (TPSA) is 65.1 Å². The second kappa shape index (κ2) is 6.43. The predicted molar refractivity (Wildman–Crippen MR) is 86.7 cm³/mol.